The van der Waals surface area contributed by atoms with Crippen LogP contribution in [0.5, 0.6) is 0 Å². The van der Waals surface area contributed by atoms with Crippen LogP contribution in [0.15, 0.2) is 78.9 Å². The standard InChI is InChI=1S/C33H34FN3O2/c1-23-13-16-25-20-30-31(38)37(21-24-14-17-27(34)18-15-24)33(22-36(30)29(25)19-23,26-9-5-4-6-10-26)32(39)35-28-11-7-2-3-8-12-28/h4-6,9-10,13-20,28H,2-3,7-8,11-12,21-22H2,1H3,(H,35,39). The Morgan fingerprint density at radius 2 is 1.67 bits per heavy atom. The number of amides is 2. The SMILES string of the molecule is Cc1ccc2cc3n(c2c1)CC(C(=O)NC1CCCCCC1)(c1ccccc1)N(Cc1ccc(F)cc1)C3=O. The molecule has 1 unspecified atom stereocenters. The van der Waals surface area contributed by atoms with E-state index >= 15 is 0 Å². The van der Waals surface area contributed by atoms with Crippen molar-refractivity contribution in [1.29, 1.82) is 0 Å². The fourth-order valence-electron chi connectivity index (χ4n) is 6.33. The van der Waals surface area contributed by atoms with E-state index in [1.165, 1.54) is 25.0 Å². The average Bonchev–Trinajstić information content (AvgIpc) is 3.10. The van der Waals surface area contributed by atoms with E-state index in [1.54, 1.807) is 17.0 Å². The molecule has 4 aromatic rings. The Morgan fingerprint density at radius 1 is 0.949 bits per heavy atom. The number of rotatable bonds is 5. The van der Waals surface area contributed by atoms with Gasteiger partial charge >= 0.3 is 0 Å². The first kappa shape index (κ1) is 25.4. The van der Waals surface area contributed by atoms with E-state index in [0.29, 0.717) is 12.2 Å². The normalized spacial score (nSPS) is 20.1. The van der Waals surface area contributed by atoms with E-state index in [0.717, 1.165) is 53.3 Å². The maximum Gasteiger partial charge on any atom is 0.272 e. The highest BCUT2D eigenvalue weighted by Crippen LogP contribution is 2.40. The first-order chi connectivity index (χ1) is 19.0. The van der Waals surface area contributed by atoms with E-state index in [1.807, 2.05) is 60.0 Å². The topological polar surface area (TPSA) is 54.3 Å². The summed E-state index contributed by atoms with van der Waals surface area (Å²) in [5, 5.41) is 4.36. The van der Waals surface area contributed by atoms with Crippen molar-refractivity contribution in [2.75, 3.05) is 0 Å². The first-order valence-electron chi connectivity index (χ1n) is 14.0. The molecular weight excluding hydrogens is 489 g/mol. The smallest absolute Gasteiger partial charge is 0.272 e. The van der Waals surface area contributed by atoms with Crippen molar-refractivity contribution < 1.29 is 14.0 Å². The van der Waals surface area contributed by atoms with Crippen LogP contribution < -0.4 is 5.32 Å². The van der Waals surface area contributed by atoms with E-state index in [9.17, 15) is 14.0 Å². The molecule has 0 spiro atoms. The molecule has 2 aliphatic rings. The summed E-state index contributed by atoms with van der Waals surface area (Å²) >= 11 is 0. The monoisotopic (exact) mass is 523 g/mol. The molecule has 0 bridgehead atoms. The molecule has 1 aromatic heterocycles. The van der Waals surface area contributed by atoms with Crippen LogP contribution in [0, 0.1) is 12.7 Å². The Morgan fingerprint density at radius 3 is 2.38 bits per heavy atom. The number of hydrogen-bond donors (Lipinski definition) is 1. The molecule has 0 saturated heterocycles. The third-order valence-electron chi connectivity index (χ3n) is 8.44. The van der Waals surface area contributed by atoms with Gasteiger partial charge in [0.1, 0.15) is 11.5 Å². The Balaban J connectivity index is 1.53. The average molecular weight is 524 g/mol. The molecule has 1 atom stereocenters. The van der Waals surface area contributed by atoms with Gasteiger partial charge in [-0.2, -0.15) is 0 Å². The minimum atomic E-state index is -1.28. The van der Waals surface area contributed by atoms with Crippen molar-refractivity contribution in [2.24, 2.45) is 0 Å². The van der Waals surface area contributed by atoms with Gasteiger partial charge in [0.2, 0.25) is 0 Å². The fraction of sp³-hybridized carbons (Fsp3) is 0.333. The summed E-state index contributed by atoms with van der Waals surface area (Å²) in [6.07, 6.45) is 6.44. The van der Waals surface area contributed by atoms with Crippen molar-refractivity contribution in [3.05, 3.63) is 107 Å². The lowest BCUT2D eigenvalue weighted by Gasteiger charge is -2.47. The predicted octanol–water partition coefficient (Wildman–Crippen LogP) is 6.48. The van der Waals surface area contributed by atoms with Gasteiger partial charge in [0.25, 0.3) is 11.8 Å². The van der Waals surface area contributed by atoms with E-state index in [4.69, 9.17) is 0 Å². The lowest BCUT2D eigenvalue weighted by molar-refractivity contribution is -0.136. The number of carbonyl (C=O) groups excluding carboxylic acids is 2. The second kappa shape index (κ2) is 10.3. The number of fused-ring (bicyclic) bond motifs is 3. The zero-order valence-corrected chi connectivity index (χ0v) is 22.3. The van der Waals surface area contributed by atoms with Crippen molar-refractivity contribution in [2.45, 2.75) is 70.1 Å². The van der Waals surface area contributed by atoms with Crippen LogP contribution in [-0.4, -0.2) is 27.3 Å². The number of carbonyl (C=O) groups is 2. The van der Waals surface area contributed by atoms with E-state index in [2.05, 4.69) is 11.4 Å². The second-order valence-corrected chi connectivity index (χ2v) is 11.1. The van der Waals surface area contributed by atoms with Crippen LogP contribution in [0.2, 0.25) is 0 Å². The minimum Gasteiger partial charge on any atom is -0.351 e. The number of halogens is 1. The summed E-state index contributed by atoms with van der Waals surface area (Å²) in [4.78, 5) is 30.8. The van der Waals surface area contributed by atoms with Gasteiger partial charge in [0.15, 0.2) is 5.54 Å². The molecule has 6 heteroatoms. The first-order valence-corrected chi connectivity index (χ1v) is 14.0. The number of aromatic nitrogens is 1. The molecule has 0 radical (unpaired) electrons. The Bertz CT molecular complexity index is 1500. The highest BCUT2D eigenvalue weighted by molar-refractivity contribution is 6.04. The Labute approximate surface area is 228 Å². The van der Waals surface area contributed by atoms with Crippen LogP contribution in [0.25, 0.3) is 10.9 Å². The van der Waals surface area contributed by atoms with Crippen LogP contribution in [0.3, 0.4) is 0 Å². The maximum absolute atomic E-state index is 14.7. The van der Waals surface area contributed by atoms with Crippen LogP contribution >= 0.6 is 0 Å². The summed E-state index contributed by atoms with van der Waals surface area (Å²) in [7, 11) is 0. The van der Waals surface area contributed by atoms with Gasteiger partial charge in [-0.15, -0.1) is 0 Å². The lowest BCUT2D eigenvalue weighted by atomic mass is 9.83. The molecule has 3 aromatic carbocycles. The van der Waals surface area contributed by atoms with Crippen molar-refractivity contribution in [1.82, 2.24) is 14.8 Å². The molecule has 2 amide bonds. The van der Waals surface area contributed by atoms with Crippen LogP contribution in [0.1, 0.15) is 65.7 Å². The van der Waals surface area contributed by atoms with E-state index < -0.39 is 5.54 Å². The summed E-state index contributed by atoms with van der Waals surface area (Å²) in [6, 6.07) is 24.0. The molecule has 1 N–H and O–H groups in total. The van der Waals surface area contributed by atoms with Gasteiger partial charge in [-0.05, 0) is 60.7 Å². The molecule has 5 nitrogen and oxygen atoms in total. The Kier molecular flexibility index (Phi) is 6.71. The predicted molar refractivity (Wildman–Crippen MR) is 151 cm³/mol. The number of benzene rings is 3. The summed E-state index contributed by atoms with van der Waals surface area (Å²) < 4.78 is 15.8. The molecule has 1 fully saturated rings. The molecule has 1 aliphatic heterocycles. The summed E-state index contributed by atoms with van der Waals surface area (Å²) in [6.45, 7) is 2.52. The fourth-order valence-corrected chi connectivity index (χ4v) is 6.33. The molecule has 39 heavy (non-hydrogen) atoms. The third kappa shape index (κ3) is 4.62. The van der Waals surface area contributed by atoms with Gasteiger partial charge in [-0.1, -0.05) is 80.3 Å². The summed E-state index contributed by atoms with van der Waals surface area (Å²) in [5.41, 5.74) is 2.87. The van der Waals surface area contributed by atoms with Crippen molar-refractivity contribution in [3.8, 4) is 0 Å². The highest BCUT2D eigenvalue weighted by Gasteiger charge is 2.52. The van der Waals surface area contributed by atoms with Gasteiger partial charge in [-0.25, -0.2) is 4.39 Å². The molecule has 200 valence electrons. The lowest BCUT2D eigenvalue weighted by Crippen LogP contribution is -2.63. The second-order valence-electron chi connectivity index (χ2n) is 11.1. The third-order valence-corrected chi connectivity index (χ3v) is 8.44. The van der Waals surface area contributed by atoms with E-state index in [-0.39, 0.29) is 30.2 Å². The minimum absolute atomic E-state index is 0.0772. The highest BCUT2D eigenvalue weighted by atomic mass is 19.1. The molecule has 1 saturated carbocycles. The number of aryl methyl sites for hydroxylation is 1. The maximum atomic E-state index is 14.7. The molecule has 6 rings (SSSR count). The largest absolute Gasteiger partial charge is 0.351 e. The number of hydrogen-bond acceptors (Lipinski definition) is 2. The van der Waals surface area contributed by atoms with Gasteiger partial charge < -0.3 is 14.8 Å². The van der Waals surface area contributed by atoms with Crippen molar-refractivity contribution in [3.63, 3.8) is 0 Å². The molecule has 1 aliphatic carbocycles. The number of nitrogens with one attached hydrogen (secondary N) is 1. The van der Waals surface area contributed by atoms with Gasteiger partial charge in [0, 0.05) is 23.5 Å². The van der Waals surface area contributed by atoms with Gasteiger partial charge in [0.05, 0.1) is 6.54 Å². The zero-order chi connectivity index (χ0) is 27.0. The summed E-state index contributed by atoms with van der Waals surface area (Å²) in [5.74, 6) is -0.699. The van der Waals surface area contributed by atoms with Gasteiger partial charge in [-0.3, -0.25) is 9.59 Å². The Hall–Kier alpha value is -3.93. The van der Waals surface area contributed by atoms with Crippen molar-refractivity contribution >= 4 is 22.7 Å². The zero-order valence-electron chi connectivity index (χ0n) is 22.3. The molecule has 2 heterocycles. The van der Waals surface area contributed by atoms with Crippen LogP contribution in [-0.2, 0) is 23.4 Å². The van der Waals surface area contributed by atoms with Crippen LogP contribution in [0.4, 0.5) is 4.39 Å². The molecular formula is C33H34FN3O2. The number of nitrogens with zero attached hydrogens (tertiary/aromatic N) is 2. The quantitative estimate of drug-likeness (QED) is 0.305.